The molecule has 0 aromatic heterocycles. The molecule has 0 spiro atoms. The summed E-state index contributed by atoms with van der Waals surface area (Å²) in [5.41, 5.74) is 0. The van der Waals surface area contributed by atoms with E-state index < -0.39 is 0 Å². The van der Waals surface area contributed by atoms with Crippen molar-refractivity contribution in [3.8, 4) is 0 Å². The van der Waals surface area contributed by atoms with Crippen molar-refractivity contribution in [1.29, 1.82) is 0 Å². The lowest BCUT2D eigenvalue weighted by atomic mass is 10.0. The Kier molecular flexibility index (Phi) is 2.50. The van der Waals surface area contributed by atoms with Gasteiger partial charge in [0.25, 0.3) is 0 Å². The van der Waals surface area contributed by atoms with Gasteiger partial charge in [0.2, 0.25) is 5.91 Å². The standard InChI is InChI=1S/C10H16ClNO/c1-2-10(13)12-8-3-4-9(12)6-7(11)5-8/h7-9H,2-6H2,1H3. The van der Waals surface area contributed by atoms with Gasteiger partial charge in [-0.05, 0) is 25.7 Å². The third-order valence-corrected chi connectivity index (χ3v) is 3.62. The molecule has 1 amide bonds. The maximum absolute atomic E-state index is 11.6. The molecule has 2 aliphatic rings. The highest BCUT2D eigenvalue weighted by Crippen LogP contribution is 2.37. The number of fused-ring (bicyclic) bond motifs is 2. The minimum atomic E-state index is 0.304. The number of carbonyl (C=O) groups excluding carboxylic acids is 1. The number of hydrogen-bond donors (Lipinski definition) is 0. The number of rotatable bonds is 1. The van der Waals surface area contributed by atoms with Crippen LogP contribution in [0, 0.1) is 0 Å². The quantitative estimate of drug-likeness (QED) is 0.596. The van der Waals surface area contributed by atoms with E-state index in [2.05, 4.69) is 4.90 Å². The lowest BCUT2D eigenvalue weighted by Crippen LogP contribution is -2.46. The van der Waals surface area contributed by atoms with Crippen molar-refractivity contribution in [3.05, 3.63) is 0 Å². The highest BCUT2D eigenvalue weighted by molar-refractivity contribution is 6.20. The van der Waals surface area contributed by atoms with Crippen LogP contribution in [0.5, 0.6) is 0 Å². The van der Waals surface area contributed by atoms with Gasteiger partial charge in [0.15, 0.2) is 0 Å². The number of alkyl halides is 1. The SMILES string of the molecule is CCC(=O)N1C2CCC1CC(Cl)C2. The Morgan fingerprint density at radius 2 is 1.92 bits per heavy atom. The van der Waals surface area contributed by atoms with Gasteiger partial charge in [-0.1, -0.05) is 6.92 Å². The number of halogens is 1. The van der Waals surface area contributed by atoms with Crippen LogP contribution in [0.15, 0.2) is 0 Å². The van der Waals surface area contributed by atoms with Gasteiger partial charge in [-0.15, -0.1) is 11.6 Å². The van der Waals surface area contributed by atoms with Gasteiger partial charge in [-0.25, -0.2) is 0 Å². The van der Waals surface area contributed by atoms with Crippen molar-refractivity contribution in [1.82, 2.24) is 4.90 Å². The maximum atomic E-state index is 11.6. The van der Waals surface area contributed by atoms with Gasteiger partial charge in [-0.2, -0.15) is 0 Å². The summed E-state index contributed by atoms with van der Waals surface area (Å²) in [4.78, 5) is 13.7. The Hall–Kier alpha value is -0.240. The van der Waals surface area contributed by atoms with Crippen LogP contribution in [0.3, 0.4) is 0 Å². The van der Waals surface area contributed by atoms with Crippen molar-refractivity contribution in [3.63, 3.8) is 0 Å². The lowest BCUT2D eigenvalue weighted by Gasteiger charge is -2.36. The summed E-state index contributed by atoms with van der Waals surface area (Å²) in [6.45, 7) is 1.94. The molecule has 0 radical (unpaired) electrons. The highest BCUT2D eigenvalue weighted by atomic mass is 35.5. The lowest BCUT2D eigenvalue weighted by molar-refractivity contribution is -0.135. The van der Waals surface area contributed by atoms with Gasteiger partial charge in [0.1, 0.15) is 0 Å². The summed E-state index contributed by atoms with van der Waals surface area (Å²) >= 11 is 6.12. The first-order valence-electron chi connectivity index (χ1n) is 5.17. The van der Waals surface area contributed by atoms with E-state index in [1.807, 2.05) is 6.92 Å². The molecule has 0 aromatic carbocycles. The molecule has 74 valence electrons. The van der Waals surface area contributed by atoms with E-state index in [9.17, 15) is 4.79 Å². The molecule has 2 atom stereocenters. The first-order valence-corrected chi connectivity index (χ1v) is 5.61. The normalized spacial score (nSPS) is 38.0. The molecule has 3 heteroatoms. The monoisotopic (exact) mass is 201 g/mol. The van der Waals surface area contributed by atoms with E-state index in [0.717, 1.165) is 12.8 Å². The number of piperidine rings is 1. The van der Waals surface area contributed by atoms with Crippen LogP contribution in [-0.4, -0.2) is 28.3 Å². The molecule has 2 unspecified atom stereocenters. The fourth-order valence-corrected chi connectivity index (χ4v) is 3.11. The molecule has 2 rings (SSSR count). The summed E-state index contributed by atoms with van der Waals surface area (Å²) in [5.74, 6) is 0.316. The second kappa shape index (κ2) is 3.49. The first kappa shape index (κ1) is 9.32. The minimum Gasteiger partial charge on any atom is -0.337 e. The molecule has 2 fully saturated rings. The van der Waals surface area contributed by atoms with E-state index in [0.29, 0.717) is 29.8 Å². The molecule has 2 bridgehead atoms. The highest BCUT2D eigenvalue weighted by Gasteiger charge is 2.41. The van der Waals surface area contributed by atoms with Gasteiger partial charge in [-0.3, -0.25) is 4.79 Å². The van der Waals surface area contributed by atoms with Gasteiger partial charge in [0, 0.05) is 23.9 Å². The van der Waals surface area contributed by atoms with Crippen LogP contribution in [0.25, 0.3) is 0 Å². The molecule has 2 nitrogen and oxygen atoms in total. The summed E-state index contributed by atoms with van der Waals surface area (Å²) in [6.07, 6.45) is 4.98. The zero-order valence-corrected chi connectivity index (χ0v) is 8.76. The Balaban J connectivity index is 2.10. The predicted octanol–water partition coefficient (Wildman–Crippen LogP) is 2.16. The number of nitrogens with zero attached hydrogens (tertiary/aromatic N) is 1. The Bertz CT molecular complexity index is 205. The molecule has 2 saturated heterocycles. The summed E-state index contributed by atoms with van der Waals surface area (Å²) < 4.78 is 0. The van der Waals surface area contributed by atoms with Gasteiger partial charge < -0.3 is 4.90 Å². The van der Waals surface area contributed by atoms with Crippen LogP contribution in [0.2, 0.25) is 0 Å². The van der Waals surface area contributed by atoms with E-state index in [4.69, 9.17) is 11.6 Å². The Morgan fingerprint density at radius 1 is 1.38 bits per heavy atom. The van der Waals surface area contributed by atoms with Crippen LogP contribution < -0.4 is 0 Å². The summed E-state index contributed by atoms with van der Waals surface area (Å²) in [7, 11) is 0. The third kappa shape index (κ3) is 1.56. The second-order valence-electron chi connectivity index (χ2n) is 4.11. The Labute approximate surface area is 84.2 Å². The molecule has 0 N–H and O–H groups in total. The average Bonchev–Trinajstić information content (AvgIpc) is 2.37. The van der Waals surface area contributed by atoms with Crippen molar-refractivity contribution in [2.24, 2.45) is 0 Å². The fourth-order valence-electron chi connectivity index (χ4n) is 2.70. The van der Waals surface area contributed by atoms with Gasteiger partial charge >= 0.3 is 0 Å². The topological polar surface area (TPSA) is 20.3 Å². The number of hydrogen-bond acceptors (Lipinski definition) is 1. The minimum absolute atomic E-state index is 0.304. The van der Waals surface area contributed by atoms with Crippen molar-refractivity contribution < 1.29 is 4.79 Å². The summed E-state index contributed by atoms with van der Waals surface area (Å²) in [6, 6.07) is 0.905. The number of amides is 1. The van der Waals surface area contributed by atoms with Crippen molar-refractivity contribution in [2.45, 2.75) is 56.5 Å². The largest absolute Gasteiger partial charge is 0.337 e. The number of carbonyl (C=O) groups is 1. The molecule has 0 aliphatic carbocycles. The average molecular weight is 202 g/mol. The van der Waals surface area contributed by atoms with E-state index in [1.165, 1.54) is 12.8 Å². The molecule has 0 saturated carbocycles. The van der Waals surface area contributed by atoms with E-state index in [1.54, 1.807) is 0 Å². The second-order valence-corrected chi connectivity index (χ2v) is 4.73. The van der Waals surface area contributed by atoms with Crippen LogP contribution in [0.4, 0.5) is 0 Å². The third-order valence-electron chi connectivity index (χ3n) is 3.27. The summed E-state index contributed by atoms with van der Waals surface area (Å²) in [5, 5.41) is 0.304. The zero-order chi connectivity index (χ0) is 9.42. The maximum Gasteiger partial charge on any atom is 0.222 e. The first-order chi connectivity index (χ1) is 6.22. The molecule has 2 aliphatic heterocycles. The fraction of sp³-hybridized carbons (Fsp3) is 0.900. The van der Waals surface area contributed by atoms with Crippen molar-refractivity contribution >= 4 is 17.5 Å². The molecular formula is C10H16ClNO. The predicted molar refractivity (Wildman–Crippen MR) is 52.8 cm³/mol. The van der Waals surface area contributed by atoms with E-state index in [-0.39, 0.29) is 0 Å². The zero-order valence-electron chi connectivity index (χ0n) is 8.00. The van der Waals surface area contributed by atoms with Crippen molar-refractivity contribution in [2.75, 3.05) is 0 Å². The molecule has 0 aromatic rings. The molecule has 13 heavy (non-hydrogen) atoms. The van der Waals surface area contributed by atoms with Crippen LogP contribution in [-0.2, 0) is 4.79 Å². The van der Waals surface area contributed by atoms with Crippen LogP contribution in [0.1, 0.15) is 39.0 Å². The van der Waals surface area contributed by atoms with E-state index >= 15 is 0 Å². The molecule has 2 heterocycles. The smallest absolute Gasteiger partial charge is 0.222 e. The Morgan fingerprint density at radius 3 is 2.38 bits per heavy atom. The van der Waals surface area contributed by atoms with Gasteiger partial charge in [0.05, 0.1) is 0 Å². The molecular weight excluding hydrogens is 186 g/mol. The van der Waals surface area contributed by atoms with Crippen LogP contribution >= 0.6 is 11.6 Å².